The Morgan fingerprint density at radius 1 is 1.44 bits per heavy atom. The van der Waals surface area contributed by atoms with E-state index in [4.69, 9.17) is 4.74 Å². The summed E-state index contributed by atoms with van der Waals surface area (Å²) in [6, 6.07) is 2.24. The molecule has 3 nitrogen and oxygen atoms in total. The minimum Gasteiger partial charge on any atom is -0.377 e. The van der Waals surface area contributed by atoms with E-state index in [0.717, 1.165) is 6.07 Å². The lowest BCUT2D eigenvalue weighted by atomic mass is 10.1. The van der Waals surface area contributed by atoms with Crippen molar-refractivity contribution in [3.05, 3.63) is 34.9 Å². The van der Waals surface area contributed by atoms with Crippen molar-refractivity contribution in [2.24, 2.45) is 0 Å². The molecule has 1 heterocycles. The monoisotopic (exact) mass is 227 g/mol. The molecule has 16 heavy (non-hydrogen) atoms. The number of hydrogen-bond acceptors (Lipinski definition) is 2. The van der Waals surface area contributed by atoms with Crippen LogP contribution in [0.5, 0.6) is 0 Å². The standard InChI is InChI=1S/C11H11F2NO2/c1-6-2-3-8(12)9(10(6)13)11(15)14-7-4-16-5-7/h2-3,7H,4-5H2,1H3,(H,14,15). The first-order valence-corrected chi connectivity index (χ1v) is 4.93. The third-order valence-corrected chi connectivity index (χ3v) is 2.48. The first-order chi connectivity index (χ1) is 7.59. The molecule has 0 bridgehead atoms. The van der Waals surface area contributed by atoms with Crippen LogP contribution in [-0.2, 0) is 4.74 Å². The van der Waals surface area contributed by atoms with Gasteiger partial charge in [-0.3, -0.25) is 4.79 Å². The van der Waals surface area contributed by atoms with Crippen LogP contribution in [0.2, 0.25) is 0 Å². The first-order valence-electron chi connectivity index (χ1n) is 4.93. The Balaban J connectivity index is 2.24. The van der Waals surface area contributed by atoms with E-state index in [-0.39, 0.29) is 11.6 Å². The topological polar surface area (TPSA) is 38.3 Å². The van der Waals surface area contributed by atoms with E-state index in [1.165, 1.54) is 13.0 Å². The fourth-order valence-electron chi connectivity index (χ4n) is 1.44. The molecule has 1 saturated heterocycles. The van der Waals surface area contributed by atoms with Crippen LogP contribution in [0.3, 0.4) is 0 Å². The molecule has 5 heteroatoms. The number of aryl methyl sites for hydroxylation is 1. The third-order valence-electron chi connectivity index (χ3n) is 2.48. The van der Waals surface area contributed by atoms with Gasteiger partial charge in [0.2, 0.25) is 0 Å². The van der Waals surface area contributed by atoms with Crippen molar-refractivity contribution < 1.29 is 18.3 Å². The lowest BCUT2D eigenvalue weighted by Gasteiger charge is -2.26. The maximum Gasteiger partial charge on any atom is 0.257 e. The number of carbonyl (C=O) groups excluding carboxylic acids is 1. The minimum absolute atomic E-state index is 0.146. The Morgan fingerprint density at radius 3 is 2.69 bits per heavy atom. The molecular weight excluding hydrogens is 216 g/mol. The molecular formula is C11H11F2NO2. The van der Waals surface area contributed by atoms with E-state index in [1.807, 2.05) is 0 Å². The molecule has 0 saturated carbocycles. The highest BCUT2D eigenvalue weighted by Crippen LogP contribution is 2.16. The van der Waals surface area contributed by atoms with Crippen molar-refractivity contribution in [2.75, 3.05) is 13.2 Å². The molecule has 0 radical (unpaired) electrons. The van der Waals surface area contributed by atoms with E-state index in [0.29, 0.717) is 13.2 Å². The van der Waals surface area contributed by atoms with Gasteiger partial charge in [-0.15, -0.1) is 0 Å². The van der Waals surface area contributed by atoms with Crippen LogP contribution in [-0.4, -0.2) is 25.2 Å². The molecule has 0 spiro atoms. The molecule has 1 aromatic rings. The van der Waals surface area contributed by atoms with Crippen LogP contribution in [0, 0.1) is 18.6 Å². The van der Waals surface area contributed by atoms with Crippen molar-refractivity contribution in [3.63, 3.8) is 0 Å². The number of hydrogen-bond donors (Lipinski definition) is 1. The summed E-state index contributed by atoms with van der Waals surface area (Å²) in [5.74, 6) is -2.38. The van der Waals surface area contributed by atoms with E-state index in [1.54, 1.807) is 0 Å². The Bertz CT molecular complexity index is 430. The van der Waals surface area contributed by atoms with Crippen LogP contribution >= 0.6 is 0 Å². The van der Waals surface area contributed by atoms with Crippen LogP contribution in [0.4, 0.5) is 8.78 Å². The van der Waals surface area contributed by atoms with Gasteiger partial charge in [-0.1, -0.05) is 6.07 Å². The molecule has 2 rings (SSSR count). The molecule has 1 fully saturated rings. The van der Waals surface area contributed by atoms with Gasteiger partial charge in [-0.2, -0.15) is 0 Å². The van der Waals surface area contributed by atoms with Gasteiger partial charge in [0, 0.05) is 0 Å². The summed E-state index contributed by atoms with van der Waals surface area (Å²) in [4.78, 5) is 11.6. The van der Waals surface area contributed by atoms with Crippen LogP contribution in [0.1, 0.15) is 15.9 Å². The molecule has 86 valence electrons. The molecule has 0 atom stereocenters. The van der Waals surface area contributed by atoms with Crippen LogP contribution in [0.15, 0.2) is 12.1 Å². The summed E-state index contributed by atoms with van der Waals surface area (Å²) in [6.07, 6.45) is 0. The molecule has 0 unspecified atom stereocenters. The maximum absolute atomic E-state index is 13.6. The zero-order valence-corrected chi connectivity index (χ0v) is 8.72. The number of nitrogens with one attached hydrogen (secondary N) is 1. The van der Waals surface area contributed by atoms with E-state index >= 15 is 0 Å². The van der Waals surface area contributed by atoms with Gasteiger partial charge in [0.25, 0.3) is 5.91 Å². The number of ether oxygens (including phenoxy) is 1. The second-order valence-corrected chi connectivity index (χ2v) is 3.76. The van der Waals surface area contributed by atoms with Crippen molar-refractivity contribution in [3.8, 4) is 0 Å². The Kier molecular flexibility index (Phi) is 2.87. The molecule has 1 amide bonds. The van der Waals surface area contributed by atoms with Gasteiger partial charge in [0.1, 0.15) is 17.2 Å². The summed E-state index contributed by atoms with van der Waals surface area (Å²) >= 11 is 0. The summed E-state index contributed by atoms with van der Waals surface area (Å²) in [5, 5.41) is 2.50. The highest BCUT2D eigenvalue weighted by atomic mass is 19.1. The predicted molar refractivity (Wildman–Crippen MR) is 53.2 cm³/mol. The van der Waals surface area contributed by atoms with Crippen molar-refractivity contribution in [2.45, 2.75) is 13.0 Å². The minimum atomic E-state index is -0.846. The molecule has 1 aliphatic rings. The van der Waals surface area contributed by atoms with Gasteiger partial charge >= 0.3 is 0 Å². The zero-order chi connectivity index (χ0) is 11.7. The lowest BCUT2D eigenvalue weighted by molar-refractivity contribution is -0.00360. The number of benzene rings is 1. The zero-order valence-electron chi connectivity index (χ0n) is 8.72. The van der Waals surface area contributed by atoms with Crippen LogP contribution < -0.4 is 5.32 Å². The fraction of sp³-hybridized carbons (Fsp3) is 0.364. The average Bonchev–Trinajstić information content (AvgIpc) is 2.18. The molecule has 0 aliphatic carbocycles. The van der Waals surface area contributed by atoms with Crippen LogP contribution in [0.25, 0.3) is 0 Å². The predicted octanol–water partition coefficient (Wildman–Crippen LogP) is 1.40. The highest BCUT2D eigenvalue weighted by molar-refractivity contribution is 5.95. The number of carbonyl (C=O) groups is 1. The van der Waals surface area contributed by atoms with Gasteiger partial charge in [0.15, 0.2) is 0 Å². The van der Waals surface area contributed by atoms with E-state index in [9.17, 15) is 13.6 Å². The third kappa shape index (κ3) is 1.90. The van der Waals surface area contributed by atoms with Crippen molar-refractivity contribution in [1.82, 2.24) is 5.32 Å². The van der Waals surface area contributed by atoms with E-state index in [2.05, 4.69) is 5.32 Å². The van der Waals surface area contributed by atoms with Crippen molar-refractivity contribution in [1.29, 1.82) is 0 Å². The highest BCUT2D eigenvalue weighted by Gasteiger charge is 2.25. The van der Waals surface area contributed by atoms with Crippen molar-refractivity contribution >= 4 is 5.91 Å². The first kappa shape index (κ1) is 11.0. The summed E-state index contributed by atoms with van der Waals surface area (Å²) in [5.41, 5.74) is -0.275. The second-order valence-electron chi connectivity index (χ2n) is 3.76. The average molecular weight is 227 g/mol. The molecule has 1 aliphatic heterocycles. The van der Waals surface area contributed by atoms with Gasteiger partial charge in [0.05, 0.1) is 19.3 Å². The Hall–Kier alpha value is -1.49. The molecule has 0 aromatic heterocycles. The quantitative estimate of drug-likeness (QED) is 0.829. The summed E-state index contributed by atoms with van der Waals surface area (Å²) in [6.45, 7) is 2.26. The molecule has 1 N–H and O–H groups in total. The van der Waals surface area contributed by atoms with Gasteiger partial charge < -0.3 is 10.1 Å². The number of rotatable bonds is 2. The Labute approximate surface area is 91.4 Å². The summed E-state index contributed by atoms with van der Waals surface area (Å²) in [7, 11) is 0. The van der Waals surface area contributed by atoms with Gasteiger partial charge in [-0.25, -0.2) is 8.78 Å². The normalized spacial score (nSPS) is 15.7. The fourth-order valence-corrected chi connectivity index (χ4v) is 1.44. The smallest absolute Gasteiger partial charge is 0.257 e. The maximum atomic E-state index is 13.6. The largest absolute Gasteiger partial charge is 0.377 e. The summed E-state index contributed by atoms with van der Waals surface area (Å²) < 4.78 is 31.7. The van der Waals surface area contributed by atoms with E-state index < -0.39 is 23.1 Å². The SMILES string of the molecule is Cc1ccc(F)c(C(=O)NC2COC2)c1F. The lowest BCUT2D eigenvalue weighted by Crippen LogP contribution is -2.48. The Morgan fingerprint density at radius 2 is 2.12 bits per heavy atom. The number of amides is 1. The second kappa shape index (κ2) is 4.17. The van der Waals surface area contributed by atoms with Gasteiger partial charge in [-0.05, 0) is 18.6 Å². The molecule has 1 aromatic carbocycles. The number of halogens is 2.